The van der Waals surface area contributed by atoms with Crippen LogP contribution < -0.4 is 11.3 Å². The van der Waals surface area contributed by atoms with E-state index < -0.39 is 0 Å². The number of aryl methyl sites for hydroxylation is 1. The number of benzene rings is 1. The van der Waals surface area contributed by atoms with Crippen LogP contribution in [0.2, 0.25) is 0 Å². The van der Waals surface area contributed by atoms with Gasteiger partial charge in [-0.2, -0.15) is 0 Å². The van der Waals surface area contributed by atoms with Crippen LogP contribution >= 0.6 is 0 Å². The van der Waals surface area contributed by atoms with Crippen molar-refractivity contribution in [3.05, 3.63) is 42.2 Å². The van der Waals surface area contributed by atoms with E-state index in [2.05, 4.69) is 28.4 Å². The van der Waals surface area contributed by atoms with Gasteiger partial charge in [-0.3, -0.25) is 4.98 Å². The second-order valence-corrected chi connectivity index (χ2v) is 3.41. The van der Waals surface area contributed by atoms with Crippen LogP contribution in [-0.2, 0) is 6.42 Å². The number of nitrogens with zero attached hydrogens (tertiary/aromatic N) is 2. The van der Waals surface area contributed by atoms with Crippen LogP contribution in [0.5, 0.6) is 0 Å². The smallest absolute Gasteiger partial charge is 0.166 e. The van der Waals surface area contributed by atoms with Gasteiger partial charge in [-0.25, -0.2) is 10.8 Å². The Bertz CT molecular complexity index is 436. The minimum absolute atomic E-state index is 0.600. The lowest BCUT2D eigenvalue weighted by atomic mass is 10.0. The molecule has 2 rings (SSSR count). The van der Waals surface area contributed by atoms with E-state index in [4.69, 9.17) is 5.84 Å². The topological polar surface area (TPSA) is 63.8 Å². The standard InChI is InChI=1S/C12H14N4/c1-2-9-5-3-4-6-10(9)11-12(16-13)15-8-7-14-11/h3-8H,2,13H2,1H3,(H,15,16). The number of hydrogen-bond donors (Lipinski definition) is 2. The molecule has 4 nitrogen and oxygen atoms in total. The summed E-state index contributed by atoms with van der Waals surface area (Å²) in [5.74, 6) is 6.03. The minimum atomic E-state index is 0.600. The van der Waals surface area contributed by atoms with Crippen molar-refractivity contribution in [2.75, 3.05) is 5.43 Å². The quantitative estimate of drug-likeness (QED) is 0.606. The highest BCUT2D eigenvalue weighted by Gasteiger charge is 2.09. The molecule has 82 valence electrons. The first-order valence-corrected chi connectivity index (χ1v) is 5.22. The highest BCUT2D eigenvalue weighted by atomic mass is 15.3. The Labute approximate surface area is 94.5 Å². The van der Waals surface area contributed by atoms with E-state index in [0.717, 1.165) is 17.7 Å². The van der Waals surface area contributed by atoms with Crippen molar-refractivity contribution >= 4 is 5.82 Å². The van der Waals surface area contributed by atoms with Crippen molar-refractivity contribution < 1.29 is 0 Å². The Morgan fingerprint density at radius 2 is 1.94 bits per heavy atom. The van der Waals surface area contributed by atoms with Crippen molar-refractivity contribution in [3.63, 3.8) is 0 Å². The molecule has 1 heterocycles. The number of anilines is 1. The molecule has 0 radical (unpaired) electrons. The molecule has 0 unspecified atom stereocenters. The molecule has 2 aromatic rings. The number of nitrogen functional groups attached to an aromatic ring is 1. The van der Waals surface area contributed by atoms with Crippen LogP contribution in [0.3, 0.4) is 0 Å². The zero-order valence-corrected chi connectivity index (χ0v) is 9.14. The van der Waals surface area contributed by atoms with E-state index in [9.17, 15) is 0 Å². The zero-order valence-electron chi connectivity index (χ0n) is 9.14. The van der Waals surface area contributed by atoms with Crippen molar-refractivity contribution in [2.24, 2.45) is 5.84 Å². The zero-order chi connectivity index (χ0) is 11.4. The van der Waals surface area contributed by atoms with Crippen molar-refractivity contribution in [1.82, 2.24) is 9.97 Å². The highest BCUT2D eigenvalue weighted by molar-refractivity contribution is 5.73. The molecule has 0 atom stereocenters. The molecule has 0 saturated carbocycles. The molecule has 0 aliphatic rings. The molecule has 0 saturated heterocycles. The van der Waals surface area contributed by atoms with Crippen molar-refractivity contribution in [3.8, 4) is 11.3 Å². The minimum Gasteiger partial charge on any atom is -0.307 e. The normalized spacial score (nSPS) is 10.1. The van der Waals surface area contributed by atoms with Crippen LogP contribution in [0.4, 0.5) is 5.82 Å². The van der Waals surface area contributed by atoms with Gasteiger partial charge in [0.25, 0.3) is 0 Å². The molecule has 16 heavy (non-hydrogen) atoms. The van der Waals surface area contributed by atoms with Crippen LogP contribution in [0.25, 0.3) is 11.3 Å². The predicted molar refractivity (Wildman–Crippen MR) is 64.7 cm³/mol. The van der Waals surface area contributed by atoms with Crippen LogP contribution in [0.15, 0.2) is 36.7 Å². The van der Waals surface area contributed by atoms with E-state index in [0.29, 0.717) is 5.82 Å². The average Bonchev–Trinajstić information content (AvgIpc) is 2.38. The van der Waals surface area contributed by atoms with Gasteiger partial charge in [0.1, 0.15) is 5.69 Å². The molecule has 0 aliphatic carbocycles. The Kier molecular flexibility index (Phi) is 3.12. The molecule has 0 aliphatic heterocycles. The van der Waals surface area contributed by atoms with Crippen molar-refractivity contribution in [2.45, 2.75) is 13.3 Å². The fourth-order valence-corrected chi connectivity index (χ4v) is 1.70. The van der Waals surface area contributed by atoms with Gasteiger partial charge < -0.3 is 5.43 Å². The average molecular weight is 214 g/mol. The summed E-state index contributed by atoms with van der Waals surface area (Å²) >= 11 is 0. The molecular weight excluding hydrogens is 200 g/mol. The third-order valence-corrected chi connectivity index (χ3v) is 2.49. The fraction of sp³-hybridized carbons (Fsp3) is 0.167. The summed E-state index contributed by atoms with van der Waals surface area (Å²) in [7, 11) is 0. The maximum absolute atomic E-state index is 5.43. The Hall–Kier alpha value is -1.94. The third kappa shape index (κ3) is 1.87. The van der Waals surface area contributed by atoms with E-state index >= 15 is 0 Å². The number of hydrogen-bond acceptors (Lipinski definition) is 4. The SMILES string of the molecule is CCc1ccccc1-c1nccnc1NN. The first-order valence-electron chi connectivity index (χ1n) is 5.22. The van der Waals surface area contributed by atoms with Gasteiger partial charge >= 0.3 is 0 Å². The molecule has 4 heteroatoms. The summed E-state index contributed by atoms with van der Waals surface area (Å²) in [6.45, 7) is 2.12. The first-order chi connectivity index (χ1) is 7.86. The van der Waals surface area contributed by atoms with Gasteiger partial charge in [-0.15, -0.1) is 0 Å². The summed E-state index contributed by atoms with van der Waals surface area (Å²) in [5, 5.41) is 0. The molecule has 1 aromatic carbocycles. The van der Waals surface area contributed by atoms with Crippen molar-refractivity contribution in [1.29, 1.82) is 0 Å². The summed E-state index contributed by atoms with van der Waals surface area (Å²) in [6.07, 6.45) is 4.24. The van der Waals surface area contributed by atoms with Gasteiger partial charge in [0.2, 0.25) is 0 Å². The van der Waals surface area contributed by atoms with Crippen LogP contribution in [0, 0.1) is 0 Å². The van der Waals surface area contributed by atoms with Gasteiger partial charge in [-0.1, -0.05) is 31.2 Å². The molecule has 1 aromatic heterocycles. The first kappa shape index (κ1) is 10.6. The lowest BCUT2D eigenvalue weighted by Crippen LogP contribution is -2.10. The monoisotopic (exact) mass is 214 g/mol. The van der Waals surface area contributed by atoms with E-state index in [-0.39, 0.29) is 0 Å². The van der Waals surface area contributed by atoms with Gasteiger partial charge in [0.05, 0.1) is 0 Å². The van der Waals surface area contributed by atoms with Gasteiger partial charge in [0.15, 0.2) is 5.82 Å². The third-order valence-electron chi connectivity index (χ3n) is 2.49. The summed E-state index contributed by atoms with van der Waals surface area (Å²) in [6, 6.07) is 8.13. The molecular formula is C12H14N4. The summed E-state index contributed by atoms with van der Waals surface area (Å²) in [4.78, 5) is 8.47. The summed E-state index contributed by atoms with van der Waals surface area (Å²) in [5.41, 5.74) is 5.68. The van der Waals surface area contributed by atoms with Gasteiger partial charge in [0, 0.05) is 18.0 Å². The van der Waals surface area contributed by atoms with Crippen LogP contribution in [-0.4, -0.2) is 9.97 Å². The molecule has 3 N–H and O–H groups in total. The molecule has 0 spiro atoms. The van der Waals surface area contributed by atoms with Crippen LogP contribution in [0.1, 0.15) is 12.5 Å². The number of rotatable bonds is 3. The highest BCUT2D eigenvalue weighted by Crippen LogP contribution is 2.26. The fourth-order valence-electron chi connectivity index (χ4n) is 1.70. The maximum Gasteiger partial charge on any atom is 0.166 e. The van der Waals surface area contributed by atoms with E-state index in [1.165, 1.54) is 5.56 Å². The number of aromatic nitrogens is 2. The van der Waals surface area contributed by atoms with E-state index in [1.807, 2.05) is 18.2 Å². The summed E-state index contributed by atoms with van der Waals surface area (Å²) < 4.78 is 0. The van der Waals surface area contributed by atoms with E-state index in [1.54, 1.807) is 12.4 Å². The Morgan fingerprint density at radius 3 is 2.69 bits per heavy atom. The Balaban J connectivity index is 2.58. The number of nitrogens with two attached hydrogens (primary N) is 1. The lowest BCUT2D eigenvalue weighted by Gasteiger charge is -2.09. The molecule has 0 bridgehead atoms. The maximum atomic E-state index is 5.43. The molecule has 0 fully saturated rings. The predicted octanol–water partition coefficient (Wildman–Crippen LogP) is 1.99. The Morgan fingerprint density at radius 1 is 1.19 bits per heavy atom. The number of nitrogens with one attached hydrogen (secondary N) is 1. The molecule has 0 amide bonds. The number of hydrazine groups is 1. The lowest BCUT2D eigenvalue weighted by molar-refractivity contribution is 1.12. The second-order valence-electron chi connectivity index (χ2n) is 3.41. The largest absolute Gasteiger partial charge is 0.307 e. The second kappa shape index (κ2) is 4.72. The van der Waals surface area contributed by atoms with Gasteiger partial charge in [-0.05, 0) is 12.0 Å².